The standard InChI is InChI=1S/C8H14N2.C2H6/c1-3-8(2)7-10-6-4-5-9;1-2/h4-9H,3H2,1-2H3;1-2H3/b6-4-,9-5?,10-7?;. The van der Waals surface area contributed by atoms with Crippen molar-refractivity contribution in [1.82, 2.24) is 0 Å². The number of nitrogens with zero attached hydrogens (tertiary/aromatic N) is 1. The van der Waals surface area contributed by atoms with Gasteiger partial charge in [-0.15, -0.1) is 0 Å². The van der Waals surface area contributed by atoms with Crippen LogP contribution in [0.4, 0.5) is 0 Å². The van der Waals surface area contributed by atoms with E-state index in [0.717, 1.165) is 6.42 Å². The second-order valence-electron chi connectivity index (χ2n) is 2.19. The zero-order valence-corrected chi connectivity index (χ0v) is 8.54. The van der Waals surface area contributed by atoms with Crippen molar-refractivity contribution in [2.75, 3.05) is 0 Å². The summed E-state index contributed by atoms with van der Waals surface area (Å²) in [7, 11) is 0. The third kappa shape index (κ3) is 11.8. The van der Waals surface area contributed by atoms with Gasteiger partial charge in [-0.25, -0.2) is 0 Å². The molecule has 0 aromatic carbocycles. The van der Waals surface area contributed by atoms with E-state index in [1.54, 1.807) is 12.3 Å². The van der Waals surface area contributed by atoms with Crippen LogP contribution in [0, 0.1) is 11.3 Å². The molecule has 0 aliphatic carbocycles. The minimum Gasteiger partial charge on any atom is -0.309 e. The lowest BCUT2D eigenvalue weighted by Gasteiger charge is -1.95. The Labute approximate surface area is 75.9 Å². The Morgan fingerprint density at radius 2 is 2.00 bits per heavy atom. The molecule has 0 amide bonds. The van der Waals surface area contributed by atoms with Gasteiger partial charge in [0.05, 0.1) is 0 Å². The van der Waals surface area contributed by atoms with Crippen LogP contribution in [0.15, 0.2) is 17.3 Å². The molecule has 2 heteroatoms. The first-order valence-corrected chi connectivity index (χ1v) is 4.50. The number of aliphatic imine (C=N–C) groups is 1. The number of hydrogen-bond donors (Lipinski definition) is 1. The van der Waals surface area contributed by atoms with Crippen molar-refractivity contribution < 1.29 is 0 Å². The first kappa shape index (κ1) is 13.7. The number of rotatable bonds is 4. The molecule has 12 heavy (non-hydrogen) atoms. The van der Waals surface area contributed by atoms with Crippen LogP contribution in [0.5, 0.6) is 0 Å². The highest BCUT2D eigenvalue weighted by Gasteiger charge is 1.88. The SMILES string of the molecule is CC.CCC(C)C=N/C=C\C=N. The molecule has 0 aromatic rings. The Balaban J connectivity index is 0. The Hall–Kier alpha value is -0.920. The van der Waals surface area contributed by atoms with Gasteiger partial charge in [0, 0.05) is 18.6 Å². The Morgan fingerprint density at radius 3 is 2.42 bits per heavy atom. The van der Waals surface area contributed by atoms with Gasteiger partial charge in [0.15, 0.2) is 0 Å². The van der Waals surface area contributed by atoms with Crippen LogP contribution in [-0.4, -0.2) is 12.4 Å². The molecule has 0 heterocycles. The van der Waals surface area contributed by atoms with Crippen molar-refractivity contribution in [3.63, 3.8) is 0 Å². The Morgan fingerprint density at radius 1 is 1.42 bits per heavy atom. The lowest BCUT2D eigenvalue weighted by Crippen LogP contribution is -1.90. The summed E-state index contributed by atoms with van der Waals surface area (Å²) >= 11 is 0. The topological polar surface area (TPSA) is 36.2 Å². The molecule has 1 N–H and O–H groups in total. The van der Waals surface area contributed by atoms with Gasteiger partial charge in [0.1, 0.15) is 0 Å². The first-order valence-electron chi connectivity index (χ1n) is 4.50. The summed E-state index contributed by atoms with van der Waals surface area (Å²) in [5, 5.41) is 6.65. The summed E-state index contributed by atoms with van der Waals surface area (Å²) in [5.41, 5.74) is 0. The quantitative estimate of drug-likeness (QED) is 0.625. The van der Waals surface area contributed by atoms with Gasteiger partial charge in [-0.3, -0.25) is 4.99 Å². The zero-order chi connectivity index (χ0) is 9.82. The van der Waals surface area contributed by atoms with Gasteiger partial charge < -0.3 is 5.41 Å². The summed E-state index contributed by atoms with van der Waals surface area (Å²) in [6.07, 6.45) is 7.44. The molecule has 0 fully saturated rings. The van der Waals surface area contributed by atoms with E-state index in [1.807, 2.05) is 20.1 Å². The normalized spacial score (nSPS) is 12.7. The molecule has 0 saturated heterocycles. The first-order chi connectivity index (χ1) is 5.81. The van der Waals surface area contributed by atoms with Crippen molar-refractivity contribution in [1.29, 1.82) is 5.41 Å². The van der Waals surface area contributed by atoms with Crippen LogP contribution in [0.3, 0.4) is 0 Å². The third-order valence-electron chi connectivity index (χ3n) is 1.25. The fourth-order valence-electron chi connectivity index (χ4n) is 0.395. The molecule has 1 unspecified atom stereocenters. The van der Waals surface area contributed by atoms with E-state index in [0.29, 0.717) is 5.92 Å². The van der Waals surface area contributed by atoms with Crippen molar-refractivity contribution in [2.45, 2.75) is 34.1 Å². The average molecular weight is 168 g/mol. The third-order valence-corrected chi connectivity index (χ3v) is 1.25. The molecular formula is C10H20N2. The smallest absolute Gasteiger partial charge is 0.0279 e. The molecule has 0 bridgehead atoms. The van der Waals surface area contributed by atoms with Crippen molar-refractivity contribution in [3.05, 3.63) is 12.3 Å². The molecule has 0 rings (SSSR count). The van der Waals surface area contributed by atoms with E-state index in [9.17, 15) is 0 Å². The molecule has 70 valence electrons. The average Bonchev–Trinajstić information content (AvgIpc) is 2.15. The van der Waals surface area contributed by atoms with Crippen molar-refractivity contribution >= 4 is 12.4 Å². The summed E-state index contributed by atoms with van der Waals surface area (Å²) in [6, 6.07) is 0. The maximum atomic E-state index is 6.65. The molecule has 0 aliphatic rings. The maximum Gasteiger partial charge on any atom is 0.0279 e. The monoisotopic (exact) mass is 168 g/mol. The summed E-state index contributed by atoms with van der Waals surface area (Å²) in [6.45, 7) is 8.23. The maximum absolute atomic E-state index is 6.65. The molecule has 1 atom stereocenters. The minimum atomic E-state index is 0.537. The molecule has 0 radical (unpaired) electrons. The molecule has 0 aromatic heterocycles. The van der Waals surface area contributed by atoms with E-state index >= 15 is 0 Å². The highest BCUT2D eigenvalue weighted by atomic mass is 14.7. The summed E-state index contributed by atoms with van der Waals surface area (Å²) in [4.78, 5) is 3.98. The van der Waals surface area contributed by atoms with E-state index < -0.39 is 0 Å². The van der Waals surface area contributed by atoms with Gasteiger partial charge in [-0.2, -0.15) is 0 Å². The van der Waals surface area contributed by atoms with Crippen LogP contribution < -0.4 is 0 Å². The number of allylic oxidation sites excluding steroid dienone is 1. The summed E-state index contributed by atoms with van der Waals surface area (Å²) < 4.78 is 0. The van der Waals surface area contributed by atoms with E-state index in [4.69, 9.17) is 5.41 Å². The molecule has 0 saturated carbocycles. The van der Waals surface area contributed by atoms with Crippen molar-refractivity contribution in [2.24, 2.45) is 10.9 Å². The van der Waals surface area contributed by atoms with Gasteiger partial charge >= 0.3 is 0 Å². The Kier molecular flexibility index (Phi) is 14.5. The summed E-state index contributed by atoms with van der Waals surface area (Å²) in [5.74, 6) is 0.537. The van der Waals surface area contributed by atoms with E-state index in [1.165, 1.54) is 6.21 Å². The highest BCUT2D eigenvalue weighted by molar-refractivity contribution is 5.68. The van der Waals surface area contributed by atoms with E-state index in [2.05, 4.69) is 18.8 Å². The second-order valence-corrected chi connectivity index (χ2v) is 2.19. The number of hydrogen-bond acceptors (Lipinski definition) is 2. The molecule has 2 nitrogen and oxygen atoms in total. The van der Waals surface area contributed by atoms with Gasteiger partial charge in [-0.05, 0) is 18.4 Å². The lowest BCUT2D eigenvalue weighted by molar-refractivity contribution is 0.754. The fourth-order valence-corrected chi connectivity index (χ4v) is 0.395. The zero-order valence-electron chi connectivity index (χ0n) is 8.54. The Bertz CT molecular complexity index is 137. The second kappa shape index (κ2) is 12.7. The molecular weight excluding hydrogens is 148 g/mol. The minimum absolute atomic E-state index is 0.537. The molecule has 0 spiro atoms. The van der Waals surface area contributed by atoms with Crippen LogP contribution in [0.1, 0.15) is 34.1 Å². The fraction of sp³-hybridized carbons (Fsp3) is 0.600. The van der Waals surface area contributed by atoms with Crippen molar-refractivity contribution in [3.8, 4) is 0 Å². The predicted molar refractivity (Wildman–Crippen MR) is 57.2 cm³/mol. The lowest BCUT2D eigenvalue weighted by atomic mass is 10.1. The van der Waals surface area contributed by atoms with Crippen LogP contribution >= 0.6 is 0 Å². The number of nitrogens with one attached hydrogen (secondary N) is 1. The highest BCUT2D eigenvalue weighted by Crippen LogP contribution is 1.94. The van der Waals surface area contributed by atoms with Crippen LogP contribution in [0.25, 0.3) is 0 Å². The van der Waals surface area contributed by atoms with Gasteiger partial charge in [-0.1, -0.05) is 27.7 Å². The largest absolute Gasteiger partial charge is 0.309 e. The van der Waals surface area contributed by atoms with Crippen LogP contribution in [0.2, 0.25) is 0 Å². The van der Waals surface area contributed by atoms with E-state index in [-0.39, 0.29) is 0 Å². The predicted octanol–water partition coefficient (Wildman–Crippen LogP) is 3.29. The van der Waals surface area contributed by atoms with Crippen LogP contribution in [-0.2, 0) is 0 Å². The molecule has 0 aliphatic heterocycles. The van der Waals surface area contributed by atoms with Gasteiger partial charge in [0.2, 0.25) is 0 Å². The van der Waals surface area contributed by atoms with Gasteiger partial charge in [0.25, 0.3) is 0 Å².